The second kappa shape index (κ2) is 3.48. The van der Waals surface area contributed by atoms with Gasteiger partial charge in [0.05, 0.1) is 6.04 Å². The number of nitrogens with zero attached hydrogens (tertiary/aromatic N) is 2. The molecule has 9 heteroatoms. The average Bonchev–Trinajstić information content (AvgIpc) is 2.35. The van der Waals surface area contributed by atoms with E-state index in [1.165, 1.54) is 4.90 Å². The van der Waals surface area contributed by atoms with Crippen LogP contribution >= 0.6 is 11.6 Å². The van der Waals surface area contributed by atoms with E-state index in [0.717, 1.165) is 0 Å². The summed E-state index contributed by atoms with van der Waals surface area (Å²) in [5.74, 6) is 0. The maximum Gasteiger partial charge on any atom is 0.418 e. The lowest BCUT2D eigenvalue weighted by Gasteiger charge is -2.25. The Morgan fingerprint density at radius 2 is 2.13 bits per heavy atom. The first-order chi connectivity index (χ1) is 6.88. The lowest BCUT2D eigenvalue weighted by Crippen LogP contribution is -2.36. The van der Waals surface area contributed by atoms with E-state index in [4.69, 9.17) is 16.2 Å². The Morgan fingerprint density at radius 1 is 1.47 bits per heavy atom. The second-order valence-corrected chi connectivity index (χ2v) is 4.94. The van der Waals surface area contributed by atoms with Gasteiger partial charge in [0.1, 0.15) is 5.50 Å². The predicted octanol–water partition coefficient (Wildman–Crippen LogP) is 0.186. The maximum atomic E-state index is 11.5. The van der Waals surface area contributed by atoms with Gasteiger partial charge in [-0.2, -0.15) is 13.5 Å². The third-order valence-corrected chi connectivity index (χ3v) is 3.23. The molecule has 2 aliphatic heterocycles. The van der Waals surface area contributed by atoms with Gasteiger partial charge in [-0.3, -0.25) is 4.55 Å². The zero-order valence-corrected chi connectivity index (χ0v) is 9.11. The molecular formula is C6H9ClN2O5S. The Labute approximate surface area is 91.4 Å². The molecule has 2 bridgehead atoms. The van der Waals surface area contributed by atoms with Gasteiger partial charge in [-0.25, -0.2) is 4.79 Å². The molecule has 1 N–H and O–H groups in total. The third kappa shape index (κ3) is 2.03. The normalized spacial score (nSPS) is 31.2. The molecule has 0 spiro atoms. The van der Waals surface area contributed by atoms with E-state index in [1.807, 2.05) is 0 Å². The van der Waals surface area contributed by atoms with Gasteiger partial charge in [0.15, 0.2) is 0 Å². The highest BCUT2D eigenvalue weighted by molar-refractivity contribution is 7.80. The fraction of sp³-hybridized carbons (Fsp3) is 0.833. The number of urea groups is 1. The van der Waals surface area contributed by atoms with Crippen LogP contribution in [0.4, 0.5) is 4.79 Å². The second-order valence-electron chi connectivity index (χ2n) is 3.43. The molecule has 2 fully saturated rings. The van der Waals surface area contributed by atoms with Gasteiger partial charge >= 0.3 is 16.4 Å². The van der Waals surface area contributed by atoms with Crippen molar-refractivity contribution in [1.29, 1.82) is 0 Å². The molecule has 86 valence electrons. The molecule has 15 heavy (non-hydrogen) atoms. The molecule has 0 saturated carbocycles. The van der Waals surface area contributed by atoms with Crippen molar-refractivity contribution in [2.24, 2.45) is 0 Å². The SMILES string of the molecule is O=C1N2CC(CCC2Cl)N1OS(=O)(=O)O. The first-order valence-corrected chi connectivity index (χ1v) is 6.09. The van der Waals surface area contributed by atoms with Gasteiger partial charge in [-0.15, -0.1) is 4.28 Å². The molecule has 0 aromatic rings. The van der Waals surface area contributed by atoms with E-state index < -0.39 is 21.9 Å². The van der Waals surface area contributed by atoms with Crippen molar-refractivity contribution >= 4 is 28.0 Å². The van der Waals surface area contributed by atoms with E-state index in [9.17, 15) is 13.2 Å². The summed E-state index contributed by atoms with van der Waals surface area (Å²) in [5.41, 5.74) is -0.441. The number of hydrogen-bond acceptors (Lipinski definition) is 4. The molecule has 2 unspecified atom stereocenters. The number of halogens is 1. The molecular weight excluding hydrogens is 248 g/mol. The van der Waals surface area contributed by atoms with Gasteiger partial charge in [0.2, 0.25) is 0 Å². The van der Waals surface area contributed by atoms with Gasteiger partial charge < -0.3 is 4.90 Å². The molecule has 2 heterocycles. The van der Waals surface area contributed by atoms with Crippen molar-refractivity contribution < 1.29 is 22.0 Å². The van der Waals surface area contributed by atoms with E-state index in [2.05, 4.69) is 4.28 Å². The van der Waals surface area contributed by atoms with E-state index in [0.29, 0.717) is 24.4 Å². The molecule has 2 aliphatic rings. The Hall–Kier alpha value is -0.570. The number of hydroxylamine groups is 2. The van der Waals surface area contributed by atoms with Crippen molar-refractivity contribution in [1.82, 2.24) is 9.96 Å². The summed E-state index contributed by atoms with van der Waals surface area (Å²) in [5, 5.41) is 0.664. The number of carbonyl (C=O) groups is 1. The van der Waals surface area contributed by atoms with Crippen LogP contribution in [-0.4, -0.2) is 47.1 Å². The highest BCUT2D eigenvalue weighted by Crippen LogP contribution is 2.31. The van der Waals surface area contributed by atoms with Gasteiger partial charge in [-0.1, -0.05) is 11.6 Å². The van der Waals surface area contributed by atoms with Crippen LogP contribution in [0, 0.1) is 0 Å². The topological polar surface area (TPSA) is 87.2 Å². The van der Waals surface area contributed by atoms with E-state index in [1.54, 1.807) is 0 Å². The van der Waals surface area contributed by atoms with Crippen molar-refractivity contribution in [2.45, 2.75) is 24.4 Å². The van der Waals surface area contributed by atoms with Crippen molar-refractivity contribution in [3.63, 3.8) is 0 Å². The van der Waals surface area contributed by atoms with Crippen LogP contribution in [0.1, 0.15) is 12.8 Å². The van der Waals surface area contributed by atoms with Crippen LogP contribution in [0.2, 0.25) is 0 Å². The minimum Gasteiger partial charge on any atom is -0.304 e. The summed E-state index contributed by atoms with van der Waals surface area (Å²) in [6.45, 7) is 0.322. The quantitative estimate of drug-likeness (QED) is 0.433. The Morgan fingerprint density at radius 3 is 2.67 bits per heavy atom. The van der Waals surface area contributed by atoms with Crippen molar-refractivity contribution in [3.05, 3.63) is 0 Å². The standard InChI is InChI=1S/C6H9ClN2O5S/c7-5-2-1-4-3-8(5)6(10)9(4)14-15(11,12)13/h4-5H,1-3H2,(H,11,12,13). The van der Waals surface area contributed by atoms with Crippen LogP contribution in [-0.2, 0) is 14.7 Å². The van der Waals surface area contributed by atoms with Crippen LogP contribution in [0.5, 0.6) is 0 Å². The molecule has 2 amide bonds. The number of rotatable bonds is 2. The van der Waals surface area contributed by atoms with Crippen LogP contribution in [0.25, 0.3) is 0 Å². The molecule has 0 aromatic carbocycles. The number of hydrogen-bond donors (Lipinski definition) is 1. The molecule has 2 atom stereocenters. The summed E-state index contributed by atoms with van der Waals surface area (Å²) in [7, 11) is -4.66. The lowest BCUT2D eigenvalue weighted by atomic mass is 10.1. The molecule has 7 nitrogen and oxygen atoms in total. The first-order valence-electron chi connectivity index (χ1n) is 4.29. The number of amides is 2. The highest BCUT2D eigenvalue weighted by Gasteiger charge is 2.46. The fourth-order valence-corrected chi connectivity index (χ4v) is 2.46. The molecule has 2 rings (SSSR count). The summed E-state index contributed by atoms with van der Waals surface area (Å²) in [4.78, 5) is 12.8. The number of alkyl halides is 1. The van der Waals surface area contributed by atoms with Crippen molar-refractivity contribution in [2.75, 3.05) is 6.54 Å². The van der Waals surface area contributed by atoms with E-state index >= 15 is 0 Å². The zero-order valence-electron chi connectivity index (χ0n) is 7.54. The largest absolute Gasteiger partial charge is 0.418 e. The first kappa shape index (κ1) is 10.9. The van der Waals surface area contributed by atoms with Gasteiger partial charge in [0, 0.05) is 6.54 Å². The Kier molecular flexibility index (Phi) is 2.53. The molecule has 0 radical (unpaired) electrons. The summed E-state index contributed by atoms with van der Waals surface area (Å²) < 4.78 is 33.7. The predicted molar refractivity (Wildman–Crippen MR) is 49.2 cm³/mol. The minimum absolute atomic E-state index is 0.322. The zero-order chi connectivity index (χ0) is 11.2. The summed E-state index contributed by atoms with van der Waals surface area (Å²) >= 11 is 5.85. The molecule has 2 saturated heterocycles. The van der Waals surface area contributed by atoms with Crippen LogP contribution in [0.3, 0.4) is 0 Å². The Bertz CT molecular complexity index is 385. The van der Waals surface area contributed by atoms with Gasteiger partial charge in [-0.05, 0) is 12.8 Å². The number of piperidine rings is 1. The minimum atomic E-state index is -4.66. The maximum absolute atomic E-state index is 11.5. The average molecular weight is 257 g/mol. The van der Waals surface area contributed by atoms with E-state index in [-0.39, 0.29) is 6.04 Å². The molecule has 0 aromatic heterocycles. The highest BCUT2D eigenvalue weighted by atomic mass is 35.5. The third-order valence-electron chi connectivity index (χ3n) is 2.42. The number of fused-ring (bicyclic) bond motifs is 2. The van der Waals surface area contributed by atoms with Crippen molar-refractivity contribution in [3.8, 4) is 0 Å². The van der Waals surface area contributed by atoms with Crippen LogP contribution < -0.4 is 0 Å². The van der Waals surface area contributed by atoms with Crippen LogP contribution in [0.15, 0.2) is 0 Å². The lowest BCUT2D eigenvalue weighted by molar-refractivity contribution is -0.0316. The fourth-order valence-electron chi connectivity index (χ4n) is 1.78. The Balaban J connectivity index is 2.18. The van der Waals surface area contributed by atoms with Gasteiger partial charge in [0.25, 0.3) is 0 Å². The number of carbonyl (C=O) groups excluding carboxylic acids is 1. The molecule has 0 aliphatic carbocycles. The smallest absolute Gasteiger partial charge is 0.304 e. The summed E-state index contributed by atoms with van der Waals surface area (Å²) in [6, 6.07) is -0.996. The summed E-state index contributed by atoms with van der Waals surface area (Å²) in [6.07, 6.45) is 1.12. The monoisotopic (exact) mass is 256 g/mol.